The molecule has 98 valence electrons. The zero-order chi connectivity index (χ0) is 13.9. The van der Waals surface area contributed by atoms with E-state index in [1.165, 1.54) is 6.07 Å². The average Bonchev–Trinajstić information content (AvgIpc) is 2.17. The number of rotatable bonds is 2. The van der Waals surface area contributed by atoms with Gasteiger partial charge in [0.25, 0.3) is 0 Å². The van der Waals surface area contributed by atoms with Crippen LogP contribution in [0, 0.1) is 6.92 Å². The minimum absolute atomic E-state index is 0.0799. The monoisotopic (exact) mass is 269 g/mol. The number of nitrogens with two attached hydrogens (primary N) is 3. The largest absolute Gasteiger partial charge is 0.370 e. The number of hydrogen-bond donors (Lipinski definition) is 3. The van der Waals surface area contributed by atoms with Gasteiger partial charge in [-0.05, 0) is 24.6 Å². The lowest BCUT2D eigenvalue weighted by atomic mass is 10.2. The molecule has 0 saturated heterocycles. The molecule has 0 fully saturated rings. The topological polar surface area (TPSA) is 137 Å². The minimum Gasteiger partial charge on any atom is -0.370 e. The van der Waals surface area contributed by atoms with Crippen molar-refractivity contribution in [1.29, 1.82) is 0 Å². The summed E-state index contributed by atoms with van der Waals surface area (Å²) in [5, 5.41) is 0. The highest BCUT2D eigenvalue weighted by Gasteiger charge is 2.13. The maximum absolute atomic E-state index is 11.6. The maximum Gasteiger partial charge on any atom is 0.223 e. The van der Waals surface area contributed by atoms with E-state index in [4.69, 9.17) is 17.2 Å². The van der Waals surface area contributed by atoms with E-state index in [0.717, 1.165) is 11.8 Å². The normalized spacial score (nSPS) is 12.2. The third kappa shape index (κ3) is 3.74. The van der Waals surface area contributed by atoms with Crippen LogP contribution < -0.4 is 17.2 Å². The molecule has 8 heteroatoms. The molecule has 0 heterocycles. The molecule has 0 aliphatic carbocycles. The van der Waals surface area contributed by atoms with E-state index in [1.54, 1.807) is 19.1 Å². The molecule has 0 atom stereocenters. The first-order chi connectivity index (χ1) is 8.20. The van der Waals surface area contributed by atoms with Gasteiger partial charge >= 0.3 is 0 Å². The van der Waals surface area contributed by atoms with Gasteiger partial charge in [0.15, 0.2) is 15.8 Å². The summed E-state index contributed by atoms with van der Waals surface area (Å²) in [7, 11) is -3.40. The van der Waals surface area contributed by atoms with Crippen LogP contribution in [-0.4, -0.2) is 26.6 Å². The molecule has 0 unspecified atom stereocenters. The Morgan fingerprint density at radius 1 is 1.22 bits per heavy atom. The van der Waals surface area contributed by atoms with E-state index in [1.807, 2.05) is 0 Å². The van der Waals surface area contributed by atoms with Gasteiger partial charge < -0.3 is 17.2 Å². The zero-order valence-corrected chi connectivity index (χ0v) is 10.9. The predicted octanol–water partition coefficient (Wildman–Crippen LogP) is -0.382. The van der Waals surface area contributed by atoms with E-state index in [-0.39, 0.29) is 22.5 Å². The van der Waals surface area contributed by atoms with Crippen LogP contribution in [-0.2, 0) is 9.84 Å². The molecule has 0 aliphatic heterocycles. The number of sulfone groups is 1. The Morgan fingerprint density at radius 2 is 1.83 bits per heavy atom. The van der Waals surface area contributed by atoms with Gasteiger partial charge in [0, 0.05) is 6.26 Å². The highest BCUT2D eigenvalue weighted by Crippen LogP contribution is 2.25. The number of guanidine groups is 2. The van der Waals surface area contributed by atoms with E-state index in [9.17, 15) is 8.42 Å². The van der Waals surface area contributed by atoms with Gasteiger partial charge in [-0.15, -0.1) is 0 Å². The van der Waals surface area contributed by atoms with Crippen LogP contribution in [0.3, 0.4) is 0 Å². The molecule has 0 radical (unpaired) electrons. The molecule has 0 spiro atoms. The first-order valence-electron chi connectivity index (χ1n) is 4.94. The summed E-state index contributed by atoms with van der Waals surface area (Å²) in [5.74, 6) is -0.451. The molecule has 0 saturated carbocycles. The van der Waals surface area contributed by atoms with E-state index in [0.29, 0.717) is 0 Å². The molecule has 1 rings (SSSR count). The third-order valence-electron chi connectivity index (χ3n) is 1.99. The Balaban J connectivity index is 3.39. The predicted molar refractivity (Wildman–Crippen MR) is 71.4 cm³/mol. The van der Waals surface area contributed by atoms with Crippen LogP contribution in [0.2, 0.25) is 0 Å². The second kappa shape index (κ2) is 5.05. The second-order valence-electron chi connectivity index (χ2n) is 3.75. The standard InChI is InChI=1S/C10H15N5O2S/c1-6-3-4-7(8(5-6)18(2,16)17)14-10(13)15-9(11)12/h3-5H,1-2H3,(H6,11,12,13,14,15). The maximum atomic E-state index is 11.6. The Hall–Kier alpha value is -2.09. The minimum atomic E-state index is -3.40. The van der Waals surface area contributed by atoms with Gasteiger partial charge in [0.05, 0.1) is 10.6 Å². The van der Waals surface area contributed by atoms with Gasteiger partial charge in [-0.3, -0.25) is 0 Å². The Kier molecular flexibility index (Phi) is 3.92. The summed E-state index contributed by atoms with van der Waals surface area (Å²) in [6.07, 6.45) is 1.09. The molecule has 0 bridgehead atoms. The molecule has 1 aromatic rings. The van der Waals surface area contributed by atoms with Crippen molar-refractivity contribution < 1.29 is 8.42 Å². The van der Waals surface area contributed by atoms with Crippen molar-refractivity contribution >= 4 is 27.4 Å². The number of benzene rings is 1. The molecule has 0 aliphatic rings. The van der Waals surface area contributed by atoms with Crippen molar-refractivity contribution in [3.63, 3.8) is 0 Å². The Bertz CT molecular complexity index is 615. The summed E-state index contributed by atoms with van der Waals surface area (Å²) in [4.78, 5) is 7.48. The van der Waals surface area contributed by atoms with Crippen LogP contribution >= 0.6 is 0 Å². The van der Waals surface area contributed by atoms with Crippen molar-refractivity contribution in [1.82, 2.24) is 0 Å². The first kappa shape index (κ1) is 14.0. The van der Waals surface area contributed by atoms with Crippen molar-refractivity contribution in [2.24, 2.45) is 27.2 Å². The second-order valence-corrected chi connectivity index (χ2v) is 5.73. The van der Waals surface area contributed by atoms with Crippen LogP contribution in [0.25, 0.3) is 0 Å². The summed E-state index contributed by atoms with van der Waals surface area (Å²) < 4.78 is 23.2. The number of aryl methyl sites for hydroxylation is 1. The van der Waals surface area contributed by atoms with Gasteiger partial charge in [-0.1, -0.05) is 6.07 Å². The van der Waals surface area contributed by atoms with Crippen molar-refractivity contribution in [3.8, 4) is 0 Å². The zero-order valence-electron chi connectivity index (χ0n) is 10.1. The smallest absolute Gasteiger partial charge is 0.223 e. The summed E-state index contributed by atoms with van der Waals surface area (Å²) in [6.45, 7) is 1.78. The van der Waals surface area contributed by atoms with Crippen LogP contribution in [0.5, 0.6) is 0 Å². The lowest BCUT2D eigenvalue weighted by Gasteiger charge is -2.05. The molecular formula is C10H15N5O2S. The van der Waals surface area contributed by atoms with Crippen molar-refractivity contribution in [2.75, 3.05) is 6.26 Å². The Morgan fingerprint density at radius 3 is 2.33 bits per heavy atom. The van der Waals surface area contributed by atoms with Gasteiger partial charge in [0.1, 0.15) is 0 Å². The third-order valence-corrected chi connectivity index (χ3v) is 3.12. The molecule has 6 N–H and O–H groups in total. The lowest BCUT2D eigenvalue weighted by Crippen LogP contribution is -2.26. The van der Waals surface area contributed by atoms with Crippen molar-refractivity contribution in [2.45, 2.75) is 11.8 Å². The van der Waals surface area contributed by atoms with Crippen LogP contribution in [0.4, 0.5) is 5.69 Å². The van der Waals surface area contributed by atoms with E-state index < -0.39 is 9.84 Å². The van der Waals surface area contributed by atoms with Gasteiger partial charge in [-0.2, -0.15) is 4.99 Å². The van der Waals surface area contributed by atoms with Crippen LogP contribution in [0.15, 0.2) is 33.1 Å². The quantitative estimate of drug-likeness (QED) is 0.496. The van der Waals surface area contributed by atoms with Crippen LogP contribution in [0.1, 0.15) is 5.56 Å². The SMILES string of the molecule is Cc1ccc(N=C(N)N=C(N)N)c(S(C)(=O)=O)c1. The number of hydrogen-bond acceptors (Lipinski definition) is 3. The highest BCUT2D eigenvalue weighted by molar-refractivity contribution is 7.90. The van der Waals surface area contributed by atoms with Gasteiger partial charge in [0.2, 0.25) is 5.96 Å². The fourth-order valence-corrected chi connectivity index (χ4v) is 2.18. The van der Waals surface area contributed by atoms with Gasteiger partial charge in [-0.25, -0.2) is 13.4 Å². The number of aliphatic imine (C=N–C) groups is 2. The van der Waals surface area contributed by atoms with E-state index in [2.05, 4.69) is 9.98 Å². The molecule has 0 amide bonds. The number of nitrogens with zero attached hydrogens (tertiary/aromatic N) is 2. The highest BCUT2D eigenvalue weighted by atomic mass is 32.2. The Labute approximate surface area is 105 Å². The lowest BCUT2D eigenvalue weighted by molar-refractivity contribution is 0.602. The first-order valence-corrected chi connectivity index (χ1v) is 6.84. The molecule has 0 aromatic heterocycles. The average molecular weight is 269 g/mol. The molecule has 1 aromatic carbocycles. The fraction of sp³-hybridized carbons (Fsp3) is 0.200. The summed E-state index contributed by atoms with van der Waals surface area (Å²) >= 11 is 0. The fourth-order valence-electron chi connectivity index (χ4n) is 1.29. The summed E-state index contributed by atoms with van der Waals surface area (Å²) in [6, 6.07) is 4.77. The molecule has 18 heavy (non-hydrogen) atoms. The molecular weight excluding hydrogens is 254 g/mol. The molecule has 7 nitrogen and oxygen atoms in total. The van der Waals surface area contributed by atoms with E-state index >= 15 is 0 Å². The van der Waals surface area contributed by atoms with Crippen molar-refractivity contribution in [3.05, 3.63) is 23.8 Å². The summed E-state index contributed by atoms with van der Waals surface area (Å²) in [5.41, 5.74) is 16.8.